The molecule has 74 valence electrons. The van der Waals surface area contributed by atoms with Crippen molar-refractivity contribution in [2.75, 3.05) is 5.32 Å². The maximum atomic E-state index is 5.14. The van der Waals surface area contributed by atoms with Crippen molar-refractivity contribution in [1.82, 2.24) is 4.98 Å². The number of rotatable bonds is 2. The Labute approximate surface area is 90.4 Å². The molecule has 0 atom stereocenters. The van der Waals surface area contributed by atoms with Crippen LogP contribution in [0.2, 0.25) is 0 Å². The summed E-state index contributed by atoms with van der Waals surface area (Å²) in [5.41, 5.74) is 1.02. The average molecular weight is 216 g/mol. The molecule has 0 spiro atoms. The molecule has 0 radical (unpaired) electrons. The van der Waals surface area contributed by atoms with E-state index in [0.717, 1.165) is 5.69 Å². The first-order valence-corrected chi connectivity index (χ1v) is 5.44. The van der Waals surface area contributed by atoms with E-state index in [2.05, 4.69) is 27.8 Å². The second-order valence-corrected chi connectivity index (χ2v) is 4.05. The van der Waals surface area contributed by atoms with Crippen LogP contribution >= 0.6 is 11.3 Å². The van der Waals surface area contributed by atoms with Gasteiger partial charge in [0.2, 0.25) is 0 Å². The Morgan fingerprint density at radius 1 is 1.27 bits per heavy atom. The number of oxazole rings is 1. The van der Waals surface area contributed by atoms with Gasteiger partial charge in [0.1, 0.15) is 6.26 Å². The van der Waals surface area contributed by atoms with Gasteiger partial charge in [-0.15, -0.1) is 11.3 Å². The van der Waals surface area contributed by atoms with E-state index in [1.165, 1.54) is 10.1 Å². The summed E-state index contributed by atoms with van der Waals surface area (Å²) in [5, 5.41) is 6.41. The van der Waals surface area contributed by atoms with Crippen LogP contribution in [0.25, 0.3) is 10.1 Å². The quantitative estimate of drug-likeness (QED) is 0.710. The maximum Gasteiger partial charge on any atom is 0.299 e. The lowest BCUT2D eigenvalue weighted by molar-refractivity contribution is 0.578. The molecule has 0 fully saturated rings. The molecule has 0 aliphatic carbocycles. The molecule has 1 aromatic carbocycles. The molecule has 1 N–H and O–H groups in total. The van der Waals surface area contributed by atoms with Gasteiger partial charge in [0.05, 0.1) is 11.9 Å². The van der Waals surface area contributed by atoms with Gasteiger partial charge in [0.25, 0.3) is 6.01 Å². The molecule has 0 saturated carbocycles. The second kappa shape index (κ2) is 3.40. The predicted molar refractivity (Wildman–Crippen MR) is 61.6 cm³/mol. The van der Waals surface area contributed by atoms with Crippen molar-refractivity contribution in [2.24, 2.45) is 0 Å². The number of hydrogen-bond donors (Lipinski definition) is 1. The van der Waals surface area contributed by atoms with E-state index in [9.17, 15) is 0 Å². The zero-order chi connectivity index (χ0) is 10.1. The minimum Gasteiger partial charge on any atom is -0.432 e. The number of nitrogens with zero attached hydrogens (tertiary/aromatic N) is 1. The van der Waals surface area contributed by atoms with Gasteiger partial charge in [0.15, 0.2) is 0 Å². The van der Waals surface area contributed by atoms with Crippen molar-refractivity contribution >= 4 is 33.1 Å². The van der Waals surface area contributed by atoms with Crippen LogP contribution in [0.4, 0.5) is 11.7 Å². The minimum absolute atomic E-state index is 0.522. The Balaban J connectivity index is 2.07. The summed E-state index contributed by atoms with van der Waals surface area (Å²) in [5.74, 6) is 0. The van der Waals surface area contributed by atoms with Crippen molar-refractivity contribution < 1.29 is 4.42 Å². The Morgan fingerprint density at radius 3 is 3.13 bits per heavy atom. The van der Waals surface area contributed by atoms with Crippen molar-refractivity contribution in [2.45, 2.75) is 0 Å². The van der Waals surface area contributed by atoms with Crippen LogP contribution in [-0.4, -0.2) is 4.98 Å². The molecule has 0 saturated heterocycles. The first-order chi connectivity index (χ1) is 7.43. The van der Waals surface area contributed by atoms with E-state index in [1.54, 1.807) is 23.8 Å². The van der Waals surface area contributed by atoms with Crippen LogP contribution in [-0.2, 0) is 0 Å². The van der Waals surface area contributed by atoms with Gasteiger partial charge in [0, 0.05) is 10.1 Å². The molecule has 3 nitrogen and oxygen atoms in total. The number of aromatic nitrogens is 1. The summed E-state index contributed by atoms with van der Waals surface area (Å²) in [4.78, 5) is 4.03. The molecule has 0 bridgehead atoms. The zero-order valence-electron chi connectivity index (χ0n) is 7.81. The van der Waals surface area contributed by atoms with Crippen LogP contribution in [0.15, 0.2) is 46.5 Å². The summed E-state index contributed by atoms with van der Waals surface area (Å²) in [7, 11) is 0. The largest absolute Gasteiger partial charge is 0.432 e. The molecule has 3 aromatic rings. The first-order valence-electron chi connectivity index (χ1n) is 4.56. The van der Waals surface area contributed by atoms with E-state index < -0.39 is 0 Å². The lowest BCUT2D eigenvalue weighted by Gasteiger charge is -2.02. The van der Waals surface area contributed by atoms with E-state index in [1.807, 2.05) is 12.1 Å². The van der Waals surface area contributed by atoms with Crippen molar-refractivity contribution in [3.05, 3.63) is 42.1 Å². The van der Waals surface area contributed by atoms with Crippen LogP contribution in [0, 0.1) is 0 Å². The Bertz CT molecular complexity index is 571. The Morgan fingerprint density at radius 2 is 2.27 bits per heavy atom. The first kappa shape index (κ1) is 8.49. The Hall–Kier alpha value is -1.81. The van der Waals surface area contributed by atoms with Gasteiger partial charge in [-0.05, 0) is 23.6 Å². The van der Waals surface area contributed by atoms with Crippen molar-refractivity contribution in [3.63, 3.8) is 0 Å². The summed E-state index contributed by atoms with van der Waals surface area (Å²) in [6.07, 6.45) is 3.17. The average Bonchev–Trinajstić information content (AvgIpc) is 2.87. The standard InChI is InChI=1S/C11H8N2OS/c1-2-9(13-11-12-5-6-14-11)8-4-7-15-10(8)3-1/h1-7H,(H,12,13). The van der Waals surface area contributed by atoms with Gasteiger partial charge in [-0.25, -0.2) is 4.98 Å². The number of thiophene rings is 1. The number of anilines is 2. The molecule has 3 rings (SSSR count). The number of hydrogen-bond acceptors (Lipinski definition) is 4. The fourth-order valence-electron chi connectivity index (χ4n) is 1.50. The van der Waals surface area contributed by atoms with Gasteiger partial charge in [-0.3, -0.25) is 0 Å². The highest BCUT2D eigenvalue weighted by atomic mass is 32.1. The molecule has 0 aliphatic heterocycles. The molecule has 2 aromatic heterocycles. The highest BCUT2D eigenvalue weighted by Gasteiger charge is 2.03. The highest BCUT2D eigenvalue weighted by Crippen LogP contribution is 2.29. The van der Waals surface area contributed by atoms with E-state index in [0.29, 0.717) is 6.01 Å². The zero-order valence-corrected chi connectivity index (χ0v) is 8.62. The minimum atomic E-state index is 0.522. The molecular weight excluding hydrogens is 208 g/mol. The van der Waals surface area contributed by atoms with E-state index in [4.69, 9.17) is 4.42 Å². The summed E-state index contributed by atoms with van der Waals surface area (Å²) in [6, 6.07) is 8.74. The third kappa shape index (κ3) is 1.49. The van der Waals surface area contributed by atoms with Crippen molar-refractivity contribution in [3.8, 4) is 0 Å². The molecule has 0 amide bonds. The summed E-state index contributed by atoms with van der Waals surface area (Å²) in [6.45, 7) is 0. The second-order valence-electron chi connectivity index (χ2n) is 3.10. The number of fused-ring (bicyclic) bond motifs is 1. The molecular formula is C11H8N2OS. The molecule has 0 unspecified atom stereocenters. The third-order valence-electron chi connectivity index (χ3n) is 2.17. The van der Waals surface area contributed by atoms with Crippen LogP contribution in [0.1, 0.15) is 0 Å². The fourth-order valence-corrected chi connectivity index (χ4v) is 2.32. The topological polar surface area (TPSA) is 38.1 Å². The molecule has 4 heteroatoms. The van der Waals surface area contributed by atoms with E-state index >= 15 is 0 Å². The van der Waals surface area contributed by atoms with Gasteiger partial charge < -0.3 is 9.73 Å². The lowest BCUT2D eigenvalue weighted by atomic mass is 10.2. The van der Waals surface area contributed by atoms with Crippen molar-refractivity contribution in [1.29, 1.82) is 0 Å². The van der Waals surface area contributed by atoms with Gasteiger partial charge >= 0.3 is 0 Å². The normalized spacial score (nSPS) is 10.7. The highest BCUT2D eigenvalue weighted by molar-refractivity contribution is 7.17. The molecule has 0 aliphatic rings. The number of nitrogens with one attached hydrogen (secondary N) is 1. The van der Waals surface area contributed by atoms with Gasteiger partial charge in [-0.1, -0.05) is 6.07 Å². The predicted octanol–water partition coefficient (Wildman–Crippen LogP) is 3.63. The van der Waals surface area contributed by atoms with Crippen LogP contribution in [0.5, 0.6) is 0 Å². The number of benzene rings is 1. The van der Waals surface area contributed by atoms with Crippen LogP contribution in [0.3, 0.4) is 0 Å². The monoisotopic (exact) mass is 216 g/mol. The SMILES string of the molecule is c1cc(Nc2ncco2)c2ccsc2c1. The molecule has 2 heterocycles. The maximum absolute atomic E-state index is 5.14. The van der Waals surface area contributed by atoms with Gasteiger partial charge in [-0.2, -0.15) is 0 Å². The van der Waals surface area contributed by atoms with E-state index in [-0.39, 0.29) is 0 Å². The summed E-state index contributed by atoms with van der Waals surface area (Å²) < 4.78 is 6.40. The molecule has 15 heavy (non-hydrogen) atoms. The summed E-state index contributed by atoms with van der Waals surface area (Å²) >= 11 is 1.72. The Kier molecular flexibility index (Phi) is 1.93. The third-order valence-corrected chi connectivity index (χ3v) is 3.05. The van der Waals surface area contributed by atoms with Crippen LogP contribution < -0.4 is 5.32 Å². The lowest BCUT2D eigenvalue weighted by Crippen LogP contribution is -1.89. The smallest absolute Gasteiger partial charge is 0.299 e. The fraction of sp³-hybridized carbons (Fsp3) is 0.